The topological polar surface area (TPSA) is 55.1 Å². The van der Waals surface area contributed by atoms with E-state index in [0.29, 0.717) is 5.76 Å². The average Bonchev–Trinajstić information content (AvgIpc) is 3.41. The molecule has 1 aromatic carbocycles. The standard InChI is InChI=1S/C20H16N2O2S2/c23-18(12-15-13-26-20(21-15)17-9-5-11-25-17)22-19(16-8-4-10-24-16)14-6-2-1-3-7-14/h1-11,13,19H,12H2,(H,22,23). The molecule has 0 saturated heterocycles. The Morgan fingerprint density at radius 1 is 1.08 bits per heavy atom. The van der Waals surface area contributed by atoms with Gasteiger partial charge in [0.05, 0.1) is 23.3 Å². The Kier molecular flexibility index (Phi) is 4.95. The predicted octanol–water partition coefficient (Wildman–Crippen LogP) is 4.91. The van der Waals surface area contributed by atoms with Crippen LogP contribution >= 0.6 is 22.7 Å². The minimum atomic E-state index is -0.311. The highest BCUT2D eigenvalue weighted by molar-refractivity contribution is 7.20. The summed E-state index contributed by atoms with van der Waals surface area (Å²) >= 11 is 3.21. The summed E-state index contributed by atoms with van der Waals surface area (Å²) in [5.74, 6) is 0.625. The van der Waals surface area contributed by atoms with Gasteiger partial charge in [0.2, 0.25) is 5.91 Å². The van der Waals surface area contributed by atoms with Gasteiger partial charge in [-0.2, -0.15) is 0 Å². The van der Waals surface area contributed by atoms with Crippen molar-refractivity contribution in [3.8, 4) is 9.88 Å². The van der Waals surface area contributed by atoms with Gasteiger partial charge in [0.15, 0.2) is 0 Å². The van der Waals surface area contributed by atoms with Crippen molar-refractivity contribution in [2.24, 2.45) is 0 Å². The Hall–Kier alpha value is -2.70. The van der Waals surface area contributed by atoms with E-state index in [1.165, 1.54) is 0 Å². The van der Waals surface area contributed by atoms with Crippen LogP contribution in [0.2, 0.25) is 0 Å². The van der Waals surface area contributed by atoms with Gasteiger partial charge in [0.1, 0.15) is 16.8 Å². The van der Waals surface area contributed by atoms with Crippen LogP contribution in [0.25, 0.3) is 9.88 Å². The number of benzene rings is 1. The monoisotopic (exact) mass is 380 g/mol. The van der Waals surface area contributed by atoms with Gasteiger partial charge < -0.3 is 9.73 Å². The lowest BCUT2D eigenvalue weighted by molar-refractivity contribution is -0.121. The minimum absolute atomic E-state index is 0.0849. The van der Waals surface area contributed by atoms with Gasteiger partial charge in [-0.25, -0.2) is 4.98 Å². The maximum absolute atomic E-state index is 12.6. The molecule has 4 nitrogen and oxygen atoms in total. The molecule has 130 valence electrons. The van der Waals surface area contributed by atoms with Gasteiger partial charge in [-0.3, -0.25) is 4.79 Å². The lowest BCUT2D eigenvalue weighted by atomic mass is 10.0. The quantitative estimate of drug-likeness (QED) is 0.517. The van der Waals surface area contributed by atoms with Crippen LogP contribution in [0.3, 0.4) is 0 Å². The lowest BCUT2D eigenvalue weighted by Gasteiger charge is -2.17. The van der Waals surface area contributed by atoms with Crippen molar-refractivity contribution in [2.45, 2.75) is 12.5 Å². The van der Waals surface area contributed by atoms with Crippen LogP contribution in [-0.4, -0.2) is 10.9 Å². The number of nitrogens with one attached hydrogen (secondary N) is 1. The van der Waals surface area contributed by atoms with Gasteiger partial charge in [0.25, 0.3) is 0 Å². The van der Waals surface area contributed by atoms with Gasteiger partial charge in [0, 0.05) is 5.38 Å². The van der Waals surface area contributed by atoms with Crippen molar-refractivity contribution in [3.63, 3.8) is 0 Å². The third kappa shape index (κ3) is 3.76. The van der Waals surface area contributed by atoms with E-state index in [9.17, 15) is 4.79 Å². The van der Waals surface area contributed by atoms with Crippen LogP contribution in [0, 0.1) is 0 Å². The summed E-state index contributed by atoms with van der Waals surface area (Å²) in [5.41, 5.74) is 1.76. The van der Waals surface area contributed by atoms with Gasteiger partial charge in [-0.1, -0.05) is 36.4 Å². The number of rotatable bonds is 6. The third-order valence-corrected chi connectivity index (χ3v) is 5.82. The number of nitrogens with zero attached hydrogens (tertiary/aromatic N) is 1. The Bertz CT molecular complexity index is 961. The second-order valence-corrected chi connectivity index (χ2v) is 7.53. The van der Waals surface area contributed by atoms with E-state index in [-0.39, 0.29) is 18.4 Å². The molecule has 0 aliphatic heterocycles. The van der Waals surface area contributed by atoms with E-state index in [1.807, 2.05) is 65.4 Å². The van der Waals surface area contributed by atoms with E-state index in [0.717, 1.165) is 21.1 Å². The predicted molar refractivity (Wildman–Crippen MR) is 104 cm³/mol. The summed E-state index contributed by atoms with van der Waals surface area (Å²) < 4.78 is 5.53. The molecule has 6 heteroatoms. The van der Waals surface area contributed by atoms with Crippen molar-refractivity contribution in [1.29, 1.82) is 0 Å². The number of carbonyl (C=O) groups is 1. The molecule has 3 aromatic heterocycles. The SMILES string of the molecule is O=C(Cc1csc(-c2cccs2)n1)NC(c1ccccc1)c1ccco1. The maximum Gasteiger partial charge on any atom is 0.226 e. The Balaban J connectivity index is 1.49. The molecule has 0 fully saturated rings. The van der Waals surface area contributed by atoms with Crippen LogP contribution in [0.15, 0.2) is 76.0 Å². The first-order valence-electron chi connectivity index (χ1n) is 8.15. The fourth-order valence-electron chi connectivity index (χ4n) is 2.70. The summed E-state index contributed by atoms with van der Waals surface area (Å²) in [7, 11) is 0. The van der Waals surface area contributed by atoms with E-state index in [2.05, 4.69) is 10.3 Å². The van der Waals surface area contributed by atoms with Crippen molar-refractivity contribution in [2.75, 3.05) is 0 Å². The molecule has 1 unspecified atom stereocenters. The van der Waals surface area contributed by atoms with Crippen molar-refractivity contribution in [3.05, 3.63) is 88.6 Å². The number of aromatic nitrogens is 1. The summed E-state index contributed by atoms with van der Waals surface area (Å²) in [4.78, 5) is 18.3. The molecule has 0 saturated carbocycles. The number of hydrogen-bond acceptors (Lipinski definition) is 5. The highest BCUT2D eigenvalue weighted by Gasteiger charge is 2.20. The van der Waals surface area contributed by atoms with Crippen molar-refractivity contribution < 1.29 is 9.21 Å². The Labute approximate surface area is 159 Å². The molecule has 4 aromatic rings. The second kappa shape index (κ2) is 7.68. The zero-order valence-electron chi connectivity index (χ0n) is 13.8. The summed E-state index contributed by atoms with van der Waals surface area (Å²) in [5, 5.41) is 7.98. The molecule has 1 amide bonds. The normalized spacial score (nSPS) is 12.0. The molecule has 1 N–H and O–H groups in total. The minimum Gasteiger partial charge on any atom is -0.467 e. The Morgan fingerprint density at radius 3 is 2.69 bits per heavy atom. The zero-order valence-corrected chi connectivity index (χ0v) is 15.4. The molecule has 0 radical (unpaired) electrons. The van der Waals surface area contributed by atoms with Gasteiger partial charge >= 0.3 is 0 Å². The number of thiazole rings is 1. The molecule has 0 spiro atoms. The molecule has 0 aliphatic carbocycles. The van der Waals surface area contributed by atoms with E-state index < -0.39 is 0 Å². The van der Waals surface area contributed by atoms with Crippen LogP contribution in [0.4, 0.5) is 0 Å². The van der Waals surface area contributed by atoms with Crippen molar-refractivity contribution in [1.82, 2.24) is 10.3 Å². The molecular formula is C20H16N2O2S2. The largest absolute Gasteiger partial charge is 0.467 e. The molecular weight excluding hydrogens is 364 g/mol. The van der Waals surface area contributed by atoms with Crippen LogP contribution < -0.4 is 5.32 Å². The highest BCUT2D eigenvalue weighted by atomic mass is 32.1. The molecule has 0 aliphatic rings. The fraction of sp³-hybridized carbons (Fsp3) is 0.100. The molecule has 0 bridgehead atoms. The summed E-state index contributed by atoms with van der Waals surface area (Å²) in [6, 6.07) is 17.2. The molecule has 4 rings (SSSR count). The number of thiophene rings is 1. The number of carbonyl (C=O) groups excluding carboxylic acids is 1. The number of amides is 1. The molecule has 1 atom stereocenters. The number of hydrogen-bond donors (Lipinski definition) is 1. The van der Waals surface area contributed by atoms with Crippen LogP contribution in [-0.2, 0) is 11.2 Å². The lowest BCUT2D eigenvalue weighted by Crippen LogP contribution is -2.30. The first kappa shape index (κ1) is 16.8. The fourth-order valence-corrected chi connectivity index (χ4v) is 4.33. The van der Waals surface area contributed by atoms with Gasteiger partial charge in [-0.05, 0) is 29.1 Å². The summed E-state index contributed by atoms with van der Waals surface area (Å²) in [6.45, 7) is 0. The molecule has 26 heavy (non-hydrogen) atoms. The average molecular weight is 380 g/mol. The smallest absolute Gasteiger partial charge is 0.226 e. The van der Waals surface area contributed by atoms with E-state index >= 15 is 0 Å². The van der Waals surface area contributed by atoms with Crippen LogP contribution in [0.5, 0.6) is 0 Å². The second-order valence-electron chi connectivity index (χ2n) is 5.72. The third-order valence-electron chi connectivity index (χ3n) is 3.89. The maximum atomic E-state index is 12.6. The van der Waals surface area contributed by atoms with Crippen LogP contribution in [0.1, 0.15) is 23.1 Å². The van der Waals surface area contributed by atoms with E-state index in [1.54, 1.807) is 28.9 Å². The molecule has 3 heterocycles. The van der Waals surface area contributed by atoms with Crippen molar-refractivity contribution >= 4 is 28.6 Å². The first-order valence-corrected chi connectivity index (χ1v) is 9.91. The van der Waals surface area contributed by atoms with E-state index in [4.69, 9.17) is 4.42 Å². The first-order chi connectivity index (χ1) is 12.8. The Morgan fingerprint density at radius 2 is 1.96 bits per heavy atom. The highest BCUT2D eigenvalue weighted by Crippen LogP contribution is 2.28. The van der Waals surface area contributed by atoms with Gasteiger partial charge in [-0.15, -0.1) is 22.7 Å². The zero-order chi connectivity index (χ0) is 17.8. The number of furan rings is 1. The summed E-state index contributed by atoms with van der Waals surface area (Å²) in [6.07, 6.45) is 1.86.